The van der Waals surface area contributed by atoms with Crippen molar-refractivity contribution in [2.45, 2.75) is 59.2 Å². The molecule has 1 aromatic heterocycles. The zero-order valence-electron chi connectivity index (χ0n) is 19.8. The fourth-order valence-corrected chi connectivity index (χ4v) is 3.74. The molecule has 5 N–H and O–H groups in total. The highest BCUT2D eigenvalue weighted by molar-refractivity contribution is 5.90. The van der Waals surface area contributed by atoms with Gasteiger partial charge in [0.25, 0.3) is 0 Å². The van der Waals surface area contributed by atoms with Crippen molar-refractivity contribution in [2.75, 3.05) is 12.8 Å². The molecule has 0 fully saturated rings. The molecule has 3 atom stereocenters. The Morgan fingerprint density at radius 1 is 1.12 bits per heavy atom. The molecule has 180 valence electrons. The van der Waals surface area contributed by atoms with Crippen LogP contribution >= 0.6 is 0 Å². The summed E-state index contributed by atoms with van der Waals surface area (Å²) in [5.41, 5.74) is 8.55. The molecule has 7 nitrogen and oxygen atoms in total. The average Bonchev–Trinajstić information content (AvgIpc) is 2.75. The molecule has 0 aliphatic carbocycles. The number of hydrogen-bond donors (Lipinski definition) is 4. The molecule has 33 heavy (non-hydrogen) atoms. The Balaban J connectivity index is 2.24. The molecule has 1 heterocycles. The SMILES string of the molecule is CCC(C)[C@@H](NC)C(=O)N[C@@H](Cc1ccc(F)c(F)c1)C(=O)NCc1c(C)cc(N)nc1C. The van der Waals surface area contributed by atoms with Gasteiger partial charge in [0.15, 0.2) is 11.6 Å². The Hall–Kier alpha value is -3.07. The van der Waals surface area contributed by atoms with E-state index in [1.165, 1.54) is 6.07 Å². The minimum Gasteiger partial charge on any atom is -0.384 e. The molecule has 1 unspecified atom stereocenters. The number of nitrogens with two attached hydrogens (primary N) is 1. The quantitative estimate of drug-likeness (QED) is 0.435. The molecular weight excluding hydrogens is 428 g/mol. The highest BCUT2D eigenvalue weighted by Crippen LogP contribution is 2.15. The zero-order valence-corrected chi connectivity index (χ0v) is 19.8. The van der Waals surface area contributed by atoms with Crippen molar-refractivity contribution < 1.29 is 18.4 Å². The highest BCUT2D eigenvalue weighted by atomic mass is 19.2. The van der Waals surface area contributed by atoms with Crippen LogP contribution in [0.15, 0.2) is 24.3 Å². The summed E-state index contributed by atoms with van der Waals surface area (Å²) < 4.78 is 27.1. The van der Waals surface area contributed by atoms with Crippen molar-refractivity contribution in [1.82, 2.24) is 20.9 Å². The standard InChI is InChI=1S/C24H33F2N5O2/c1-6-13(2)22(28-5)24(33)31-20(11-16-7-8-18(25)19(26)10-16)23(32)29-12-17-14(3)9-21(27)30-15(17)4/h7-10,13,20,22,28H,6,11-12H2,1-5H3,(H2,27,30)(H,29,32)(H,31,33)/t13?,20-,22+/m0/s1. The molecular formula is C24H33F2N5O2. The number of halogens is 2. The molecule has 2 amide bonds. The second kappa shape index (κ2) is 11.7. The second-order valence-electron chi connectivity index (χ2n) is 8.31. The van der Waals surface area contributed by atoms with Gasteiger partial charge in [-0.25, -0.2) is 13.8 Å². The lowest BCUT2D eigenvalue weighted by Crippen LogP contribution is -2.54. The van der Waals surface area contributed by atoms with Crippen molar-refractivity contribution in [3.63, 3.8) is 0 Å². The summed E-state index contributed by atoms with van der Waals surface area (Å²) in [6.07, 6.45) is 0.769. The number of rotatable bonds is 10. The Labute approximate surface area is 193 Å². The van der Waals surface area contributed by atoms with Crippen LogP contribution in [0.3, 0.4) is 0 Å². The number of hydrogen-bond acceptors (Lipinski definition) is 5. The number of nitrogens with zero attached hydrogens (tertiary/aromatic N) is 1. The van der Waals surface area contributed by atoms with Crippen LogP contribution in [0.4, 0.5) is 14.6 Å². The van der Waals surface area contributed by atoms with Gasteiger partial charge in [-0.1, -0.05) is 26.3 Å². The van der Waals surface area contributed by atoms with Gasteiger partial charge in [0.05, 0.1) is 6.04 Å². The number of nitrogens with one attached hydrogen (secondary N) is 3. The van der Waals surface area contributed by atoms with Crippen LogP contribution in [0.1, 0.15) is 42.7 Å². The number of amides is 2. The normalized spacial score (nSPS) is 13.8. The molecule has 0 spiro atoms. The van der Waals surface area contributed by atoms with E-state index in [-0.39, 0.29) is 24.8 Å². The second-order valence-corrected chi connectivity index (χ2v) is 8.31. The largest absolute Gasteiger partial charge is 0.384 e. The monoisotopic (exact) mass is 461 g/mol. The summed E-state index contributed by atoms with van der Waals surface area (Å²) in [6.45, 7) is 7.77. The number of aromatic nitrogens is 1. The van der Waals surface area contributed by atoms with Gasteiger partial charge in [0.1, 0.15) is 11.9 Å². The smallest absolute Gasteiger partial charge is 0.243 e. The van der Waals surface area contributed by atoms with Gasteiger partial charge in [-0.05, 0) is 61.7 Å². The molecule has 0 bridgehead atoms. The average molecular weight is 462 g/mol. The molecule has 0 saturated carbocycles. The van der Waals surface area contributed by atoms with Crippen molar-refractivity contribution in [3.05, 3.63) is 58.3 Å². The van der Waals surface area contributed by atoms with Gasteiger partial charge in [0.2, 0.25) is 11.8 Å². The van der Waals surface area contributed by atoms with Crippen LogP contribution in [0.2, 0.25) is 0 Å². The van der Waals surface area contributed by atoms with Crippen molar-refractivity contribution in [2.24, 2.45) is 5.92 Å². The first-order valence-electron chi connectivity index (χ1n) is 11.0. The fraction of sp³-hybridized carbons (Fsp3) is 0.458. The van der Waals surface area contributed by atoms with Crippen LogP contribution in [-0.4, -0.2) is 35.9 Å². The van der Waals surface area contributed by atoms with Crippen LogP contribution < -0.4 is 21.7 Å². The van der Waals surface area contributed by atoms with Gasteiger partial charge in [-0.3, -0.25) is 9.59 Å². The van der Waals surface area contributed by atoms with Crippen LogP contribution in [0.25, 0.3) is 0 Å². The van der Waals surface area contributed by atoms with Gasteiger partial charge in [-0.15, -0.1) is 0 Å². The molecule has 0 aliphatic rings. The fourth-order valence-electron chi connectivity index (χ4n) is 3.74. The number of anilines is 1. The van der Waals surface area contributed by atoms with Gasteiger partial charge < -0.3 is 21.7 Å². The third kappa shape index (κ3) is 6.95. The molecule has 2 rings (SSSR count). The molecule has 9 heteroatoms. The first-order valence-corrected chi connectivity index (χ1v) is 11.0. The lowest BCUT2D eigenvalue weighted by molar-refractivity contribution is -0.130. The minimum atomic E-state index is -1.01. The molecule has 1 aromatic carbocycles. The van der Waals surface area contributed by atoms with E-state index >= 15 is 0 Å². The molecule has 2 aromatic rings. The Morgan fingerprint density at radius 2 is 1.82 bits per heavy atom. The summed E-state index contributed by atoms with van der Waals surface area (Å²) in [5, 5.41) is 8.59. The number of benzene rings is 1. The summed E-state index contributed by atoms with van der Waals surface area (Å²) in [4.78, 5) is 30.2. The first kappa shape index (κ1) is 26.2. The van der Waals surface area contributed by atoms with Crippen molar-refractivity contribution >= 4 is 17.6 Å². The van der Waals surface area contributed by atoms with Crippen LogP contribution in [0, 0.1) is 31.4 Å². The number of pyridine rings is 1. The third-order valence-corrected chi connectivity index (χ3v) is 5.88. The van der Waals surface area contributed by atoms with Crippen molar-refractivity contribution in [1.29, 1.82) is 0 Å². The number of carbonyl (C=O) groups is 2. The van der Waals surface area contributed by atoms with Gasteiger partial charge >= 0.3 is 0 Å². The lowest BCUT2D eigenvalue weighted by Gasteiger charge is -2.25. The third-order valence-electron chi connectivity index (χ3n) is 5.88. The number of nitrogen functional groups attached to an aromatic ring is 1. The highest BCUT2D eigenvalue weighted by Gasteiger charge is 2.28. The van der Waals surface area contributed by atoms with E-state index in [2.05, 4.69) is 20.9 Å². The first-order chi connectivity index (χ1) is 15.6. The maximum Gasteiger partial charge on any atom is 0.243 e. The zero-order chi connectivity index (χ0) is 24.7. The lowest BCUT2D eigenvalue weighted by atomic mass is 9.97. The van der Waals surface area contributed by atoms with Crippen LogP contribution in [-0.2, 0) is 22.6 Å². The van der Waals surface area contributed by atoms with Gasteiger partial charge in [0, 0.05) is 18.7 Å². The Bertz CT molecular complexity index is 976. The predicted octanol–water partition coefficient (Wildman–Crippen LogP) is 2.54. The maximum atomic E-state index is 13.7. The van der Waals surface area contributed by atoms with E-state index in [1.54, 1.807) is 20.0 Å². The van der Waals surface area contributed by atoms with E-state index in [4.69, 9.17) is 5.73 Å². The Kier molecular flexibility index (Phi) is 9.28. The van der Waals surface area contributed by atoms with E-state index in [9.17, 15) is 18.4 Å². The number of carbonyl (C=O) groups excluding carboxylic acids is 2. The van der Waals surface area contributed by atoms with E-state index in [1.807, 2.05) is 20.8 Å². The minimum absolute atomic E-state index is 0.00364. The number of aryl methyl sites for hydroxylation is 2. The maximum absolute atomic E-state index is 13.7. The topological polar surface area (TPSA) is 109 Å². The predicted molar refractivity (Wildman–Crippen MR) is 124 cm³/mol. The van der Waals surface area contributed by atoms with E-state index in [0.717, 1.165) is 29.7 Å². The molecule has 0 radical (unpaired) electrons. The summed E-state index contributed by atoms with van der Waals surface area (Å²) in [7, 11) is 1.68. The van der Waals surface area contributed by atoms with Gasteiger partial charge in [-0.2, -0.15) is 0 Å². The summed E-state index contributed by atoms with van der Waals surface area (Å²) >= 11 is 0. The number of likely N-dealkylation sites (N-methyl/N-ethyl adjacent to an activating group) is 1. The summed E-state index contributed by atoms with van der Waals surface area (Å²) in [6, 6.07) is 3.67. The summed E-state index contributed by atoms with van der Waals surface area (Å²) in [5.74, 6) is -2.33. The molecule has 0 aliphatic heterocycles. The van der Waals surface area contributed by atoms with E-state index < -0.39 is 29.6 Å². The van der Waals surface area contributed by atoms with Crippen molar-refractivity contribution in [3.8, 4) is 0 Å². The Morgan fingerprint density at radius 3 is 2.39 bits per heavy atom. The molecule has 0 saturated heterocycles. The van der Waals surface area contributed by atoms with E-state index in [0.29, 0.717) is 17.1 Å². The van der Waals surface area contributed by atoms with Crippen LogP contribution in [0.5, 0.6) is 0 Å².